The molecule has 0 aliphatic rings. The molecule has 0 N–H and O–H groups in total. The SMILES string of the molecule is CC(C)Sc1ncccc1C#N. The molecule has 2 nitrogen and oxygen atoms in total. The van der Waals surface area contributed by atoms with E-state index < -0.39 is 0 Å². The summed E-state index contributed by atoms with van der Waals surface area (Å²) in [5.74, 6) is 0. The summed E-state index contributed by atoms with van der Waals surface area (Å²) in [6.07, 6.45) is 1.71. The third-order valence-electron chi connectivity index (χ3n) is 1.24. The van der Waals surface area contributed by atoms with Crippen molar-refractivity contribution in [2.75, 3.05) is 0 Å². The highest BCUT2D eigenvalue weighted by molar-refractivity contribution is 7.99. The van der Waals surface area contributed by atoms with E-state index in [0.717, 1.165) is 5.03 Å². The van der Waals surface area contributed by atoms with Gasteiger partial charge in [0, 0.05) is 11.4 Å². The Balaban J connectivity index is 2.91. The molecule has 0 aliphatic heterocycles. The Morgan fingerprint density at radius 3 is 2.92 bits per heavy atom. The molecule has 0 aromatic carbocycles. The van der Waals surface area contributed by atoms with E-state index in [1.54, 1.807) is 30.1 Å². The summed E-state index contributed by atoms with van der Waals surface area (Å²) < 4.78 is 0. The number of thioether (sulfide) groups is 1. The Kier molecular flexibility index (Phi) is 3.12. The molecule has 3 heteroatoms. The van der Waals surface area contributed by atoms with Gasteiger partial charge < -0.3 is 0 Å². The van der Waals surface area contributed by atoms with E-state index in [1.807, 2.05) is 0 Å². The summed E-state index contributed by atoms with van der Waals surface area (Å²) in [6.45, 7) is 4.17. The third-order valence-corrected chi connectivity index (χ3v) is 2.26. The van der Waals surface area contributed by atoms with Gasteiger partial charge in [0.1, 0.15) is 11.1 Å². The normalized spacial score (nSPS) is 9.83. The van der Waals surface area contributed by atoms with Gasteiger partial charge in [0.25, 0.3) is 0 Å². The zero-order valence-corrected chi connectivity index (χ0v) is 7.93. The fraction of sp³-hybridized carbons (Fsp3) is 0.333. The maximum absolute atomic E-state index is 8.73. The predicted molar refractivity (Wildman–Crippen MR) is 49.9 cm³/mol. The van der Waals surface area contributed by atoms with Crippen LogP contribution in [-0.2, 0) is 0 Å². The molecular formula is C9H10N2S. The topological polar surface area (TPSA) is 36.7 Å². The van der Waals surface area contributed by atoms with Crippen LogP contribution in [0.3, 0.4) is 0 Å². The Bertz CT molecular complexity index is 302. The number of nitrogens with zero attached hydrogens (tertiary/aromatic N) is 2. The quantitative estimate of drug-likeness (QED) is 0.653. The summed E-state index contributed by atoms with van der Waals surface area (Å²) in [4.78, 5) is 4.13. The fourth-order valence-corrected chi connectivity index (χ4v) is 1.60. The fourth-order valence-electron chi connectivity index (χ4n) is 0.793. The molecule has 0 saturated carbocycles. The number of rotatable bonds is 2. The summed E-state index contributed by atoms with van der Waals surface area (Å²) in [5, 5.41) is 10.0. The minimum Gasteiger partial charge on any atom is -0.249 e. The molecule has 12 heavy (non-hydrogen) atoms. The first-order valence-electron chi connectivity index (χ1n) is 3.76. The van der Waals surface area contributed by atoms with Crippen LogP contribution in [0.25, 0.3) is 0 Å². The van der Waals surface area contributed by atoms with Crippen LogP contribution >= 0.6 is 11.8 Å². The first-order chi connectivity index (χ1) is 5.74. The lowest BCUT2D eigenvalue weighted by molar-refractivity contribution is 1.06. The molecule has 0 amide bonds. The second-order valence-corrected chi connectivity index (χ2v) is 4.20. The molecule has 0 bridgehead atoms. The molecule has 1 aromatic rings. The molecular weight excluding hydrogens is 168 g/mol. The molecule has 1 aromatic heterocycles. The van der Waals surface area contributed by atoms with E-state index in [4.69, 9.17) is 5.26 Å². The van der Waals surface area contributed by atoms with Crippen LogP contribution in [0.1, 0.15) is 19.4 Å². The monoisotopic (exact) mass is 178 g/mol. The van der Waals surface area contributed by atoms with Crippen LogP contribution in [0, 0.1) is 11.3 Å². The number of pyridine rings is 1. The van der Waals surface area contributed by atoms with E-state index in [-0.39, 0.29) is 0 Å². The molecule has 0 atom stereocenters. The Morgan fingerprint density at radius 1 is 1.58 bits per heavy atom. The summed E-state index contributed by atoms with van der Waals surface area (Å²) in [5.41, 5.74) is 0.663. The summed E-state index contributed by atoms with van der Waals surface area (Å²) in [7, 11) is 0. The predicted octanol–water partition coefficient (Wildman–Crippen LogP) is 2.45. The maximum atomic E-state index is 8.73. The third kappa shape index (κ3) is 2.24. The van der Waals surface area contributed by atoms with Crippen molar-refractivity contribution >= 4 is 11.8 Å². The first kappa shape index (κ1) is 9.08. The number of aromatic nitrogens is 1. The molecule has 0 fully saturated rings. The molecule has 62 valence electrons. The largest absolute Gasteiger partial charge is 0.249 e. The lowest BCUT2D eigenvalue weighted by Gasteiger charge is -2.03. The summed E-state index contributed by atoms with van der Waals surface area (Å²) >= 11 is 1.62. The minimum atomic E-state index is 0.465. The van der Waals surface area contributed by atoms with E-state index in [1.165, 1.54) is 0 Å². The van der Waals surface area contributed by atoms with Gasteiger partial charge in [-0.15, -0.1) is 11.8 Å². The van der Waals surface area contributed by atoms with Gasteiger partial charge in [0.15, 0.2) is 0 Å². The van der Waals surface area contributed by atoms with Crippen molar-refractivity contribution < 1.29 is 0 Å². The van der Waals surface area contributed by atoms with Crippen LogP contribution in [0.4, 0.5) is 0 Å². The number of nitriles is 1. The van der Waals surface area contributed by atoms with Crippen molar-refractivity contribution in [3.05, 3.63) is 23.9 Å². The van der Waals surface area contributed by atoms with Gasteiger partial charge in [0.05, 0.1) is 5.56 Å². The van der Waals surface area contributed by atoms with Gasteiger partial charge in [-0.3, -0.25) is 0 Å². The van der Waals surface area contributed by atoms with Gasteiger partial charge in [-0.2, -0.15) is 5.26 Å². The lowest BCUT2D eigenvalue weighted by Crippen LogP contribution is -1.91. The minimum absolute atomic E-state index is 0.465. The molecule has 0 spiro atoms. The maximum Gasteiger partial charge on any atom is 0.114 e. The van der Waals surface area contributed by atoms with Crippen molar-refractivity contribution in [3.8, 4) is 6.07 Å². The smallest absolute Gasteiger partial charge is 0.114 e. The highest BCUT2D eigenvalue weighted by Gasteiger charge is 2.04. The Hall–Kier alpha value is -1.01. The van der Waals surface area contributed by atoms with Crippen molar-refractivity contribution in [3.63, 3.8) is 0 Å². The van der Waals surface area contributed by atoms with Crippen molar-refractivity contribution in [1.29, 1.82) is 5.26 Å². The van der Waals surface area contributed by atoms with Crippen LogP contribution < -0.4 is 0 Å². The second-order valence-electron chi connectivity index (χ2n) is 2.63. The molecule has 0 saturated heterocycles. The van der Waals surface area contributed by atoms with E-state index in [2.05, 4.69) is 24.9 Å². The van der Waals surface area contributed by atoms with Crippen molar-refractivity contribution in [2.45, 2.75) is 24.1 Å². The van der Waals surface area contributed by atoms with Gasteiger partial charge >= 0.3 is 0 Å². The highest BCUT2D eigenvalue weighted by Crippen LogP contribution is 2.23. The first-order valence-corrected chi connectivity index (χ1v) is 4.63. The molecule has 0 aliphatic carbocycles. The lowest BCUT2D eigenvalue weighted by atomic mass is 10.3. The molecule has 1 rings (SSSR count). The van der Waals surface area contributed by atoms with E-state index in [0.29, 0.717) is 10.8 Å². The molecule has 1 heterocycles. The average Bonchev–Trinajstić information content (AvgIpc) is 2.04. The van der Waals surface area contributed by atoms with Gasteiger partial charge in [0.2, 0.25) is 0 Å². The van der Waals surface area contributed by atoms with Crippen LogP contribution in [0.5, 0.6) is 0 Å². The Labute approximate surface area is 76.6 Å². The van der Waals surface area contributed by atoms with Gasteiger partial charge in [-0.05, 0) is 12.1 Å². The number of hydrogen-bond acceptors (Lipinski definition) is 3. The van der Waals surface area contributed by atoms with E-state index >= 15 is 0 Å². The zero-order valence-electron chi connectivity index (χ0n) is 7.11. The van der Waals surface area contributed by atoms with Crippen molar-refractivity contribution in [1.82, 2.24) is 4.98 Å². The summed E-state index contributed by atoms with van der Waals surface area (Å²) in [6, 6.07) is 5.69. The average molecular weight is 178 g/mol. The number of hydrogen-bond donors (Lipinski definition) is 0. The molecule has 0 unspecified atom stereocenters. The Morgan fingerprint density at radius 2 is 2.33 bits per heavy atom. The second kappa shape index (κ2) is 4.13. The van der Waals surface area contributed by atoms with Gasteiger partial charge in [-0.25, -0.2) is 4.98 Å². The zero-order chi connectivity index (χ0) is 8.97. The highest BCUT2D eigenvalue weighted by atomic mass is 32.2. The van der Waals surface area contributed by atoms with E-state index in [9.17, 15) is 0 Å². The van der Waals surface area contributed by atoms with Gasteiger partial charge in [-0.1, -0.05) is 13.8 Å². The van der Waals surface area contributed by atoms with Crippen molar-refractivity contribution in [2.24, 2.45) is 0 Å². The van der Waals surface area contributed by atoms with Crippen LogP contribution in [0.15, 0.2) is 23.4 Å². The van der Waals surface area contributed by atoms with Crippen LogP contribution in [0.2, 0.25) is 0 Å². The standard InChI is InChI=1S/C9H10N2S/c1-7(2)12-9-8(6-10)4-3-5-11-9/h3-5,7H,1-2H3. The van der Waals surface area contributed by atoms with Crippen LogP contribution in [-0.4, -0.2) is 10.2 Å². The molecule has 0 radical (unpaired) electrons.